The summed E-state index contributed by atoms with van der Waals surface area (Å²) in [7, 11) is 0. The lowest BCUT2D eigenvalue weighted by Gasteiger charge is -2.27. The molecular weight excluding hydrogens is 174 g/mol. The van der Waals surface area contributed by atoms with E-state index in [1.54, 1.807) is 6.20 Å². The zero-order chi connectivity index (χ0) is 10.6. The second-order valence-electron chi connectivity index (χ2n) is 4.98. The topological polar surface area (TPSA) is 40.7 Å². The lowest BCUT2D eigenvalue weighted by molar-refractivity contribution is 0.252. The first-order chi connectivity index (χ1) is 6.50. The first-order valence-corrected chi connectivity index (χ1v) is 5.19. The molecule has 0 aliphatic rings. The molecule has 0 fully saturated rings. The van der Waals surface area contributed by atoms with Gasteiger partial charge in [0, 0.05) is 18.4 Å². The highest BCUT2D eigenvalue weighted by Crippen LogP contribution is 2.24. The molecule has 3 heteroatoms. The molecule has 1 atom stereocenters. The summed E-state index contributed by atoms with van der Waals surface area (Å²) >= 11 is 0. The van der Waals surface area contributed by atoms with Crippen LogP contribution in [0.5, 0.6) is 0 Å². The quantitative estimate of drug-likeness (QED) is 0.773. The molecule has 1 aromatic rings. The lowest BCUT2D eigenvalue weighted by atomic mass is 9.82. The van der Waals surface area contributed by atoms with Crippen LogP contribution in [0.25, 0.3) is 0 Å². The zero-order valence-corrected chi connectivity index (χ0v) is 9.59. The van der Waals surface area contributed by atoms with Gasteiger partial charge in [-0.15, -0.1) is 0 Å². The van der Waals surface area contributed by atoms with Crippen LogP contribution in [0.3, 0.4) is 0 Å². The fourth-order valence-corrected chi connectivity index (χ4v) is 1.11. The van der Waals surface area contributed by atoms with Crippen molar-refractivity contribution in [2.45, 2.75) is 34.2 Å². The van der Waals surface area contributed by atoms with Gasteiger partial charge in [-0.05, 0) is 23.9 Å². The fraction of sp³-hybridized carbons (Fsp3) is 0.727. The average Bonchev–Trinajstić information content (AvgIpc) is 2.55. The first-order valence-electron chi connectivity index (χ1n) is 5.19. The maximum atomic E-state index is 3.90. The Bertz CT molecular complexity index is 246. The molecule has 0 aromatic carbocycles. The van der Waals surface area contributed by atoms with E-state index in [9.17, 15) is 0 Å². The van der Waals surface area contributed by atoms with Gasteiger partial charge in [0.15, 0.2) is 0 Å². The van der Waals surface area contributed by atoms with Crippen molar-refractivity contribution >= 4 is 0 Å². The summed E-state index contributed by atoms with van der Waals surface area (Å²) in [5, 5.41) is 10.3. The Morgan fingerprint density at radius 1 is 1.50 bits per heavy atom. The largest absolute Gasteiger partial charge is 0.311 e. The molecule has 0 bridgehead atoms. The van der Waals surface area contributed by atoms with Crippen molar-refractivity contribution in [3.63, 3.8) is 0 Å². The number of hydrogen-bond donors (Lipinski definition) is 2. The number of rotatable bonds is 4. The molecule has 1 rings (SSSR count). The number of nitrogens with one attached hydrogen (secondary N) is 2. The second kappa shape index (κ2) is 4.60. The van der Waals surface area contributed by atoms with Crippen LogP contribution >= 0.6 is 0 Å². The minimum absolute atomic E-state index is 0.376. The number of H-pyrrole nitrogens is 1. The van der Waals surface area contributed by atoms with E-state index < -0.39 is 0 Å². The predicted octanol–water partition coefficient (Wildman–Crippen LogP) is 2.18. The maximum Gasteiger partial charge on any atom is 0.0490 e. The third-order valence-corrected chi connectivity index (χ3v) is 2.80. The van der Waals surface area contributed by atoms with Gasteiger partial charge in [-0.1, -0.05) is 27.7 Å². The van der Waals surface area contributed by atoms with Crippen LogP contribution < -0.4 is 5.32 Å². The standard InChI is InChI=1S/C11H21N3/c1-9(11(2,3)4)7-12-8-10-5-6-13-14-10/h5-6,9,12H,7-8H2,1-4H3,(H,13,14). The van der Waals surface area contributed by atoms with E-state index in [1.807, 2.05) is 6.07 Å². The molecule has 3 nitrogen and oxygen atoms in total. The summed E-state index contributed by atoms with van der Waals surface area (Å²) in [5.74, 6) is 0.672. The van der Waals surface area contributed by atoms with E-state index in [4.69, 9.17) is 0 Å². The van der Waals surface area contributed by atoms with Gasteiger partial charge in [-0.3, -0.25) is 5.10 Å². The van der Waals surface area contributed by atoms with Crippen molar-refractivity contribution in [2.75, 3.05) is 6.54 Å². The molecular formula is C11H21N3. The van der Waals surface area contributed by atoms with Crippen molar-refractivity contribution < 1.29 is 0 Å². The Kier molecular flexibility index (Phi) is 3.69. The minimum atomic E-state index is 0.376. The van der Waals surface area contributed by atoms with Crippen LogP contribution in [0.1, 0.15) is 33.4 Å². The Hall–Kier alpha value is -0.830. The van der Waals surface area contributed by atoms with Crippen molar-refractivity contribution in [3.05, 3.63) is 18.0 Å². The van der Waals surface area contributed by atoms with E-state index in [2.05, 4.69) is 43.2 Å². The van der Waals surface area contributed by atoms with E-state index >= 15 is 0 Å². The molecule has 1 unspecified atom stereocenters. The van der Waals surface area contributed by atoms with E-state index in [0.717, 1.165) is 18.8 Å². The number of aromatic nitrogens is 2. The molecule has 0 aliphatic carbocycles. The number of aromatic amines is 1. The smallest absolute Gasteiger partial charge is 0.0490 e. The molecule has 80 valence electrons. The third-order valence-electron chi connectivity index (χ3n) is 2.80. The molecule has 2 N–H and O–H groups in total. The van der Waals surface area contributed by atoms with Gasteiger partial charge in [0.2, 0.25) is 0 Å². The van der Waals surface area contributed by atoms with Crippen LogP contribution in [0, 0.1) is 11.3 Å². The molecule has 0 spiro atoms. The van der Waals surface area contributed by atoms with Crippen LogP contribution in [0.2, 0.25) is 0 Å². The van der Waals surface area contributed by atoms with Crippen LogP contribution in [0.15, 0.2) is 12.3 Å². The summed E-state index contributed by atoms with van der Waals surface area (Å²) in [4.78, 5) is 0. The Labute approximate surface area is 86.3 Å². The molecule has 0 aliphatic heterocycles. The minimum Gasteiger partial charge on any atom is -0.311 e. The van der Waals surface area contributed by atoms with Gasteiger partial charge >= 0.3 is 0 Å². The van der Waals surface area contributed by atoms with Crippen LogP contribution in [0.4, 0.5) is 0 Å². The van der Waals surface area contributed by atoms with E-state index in [0.29, 0.717) is 11.3 Å². The molecule has 0 amide bonds. The monoisotopic (exact) mass is 195 g/mol. The van der Waals surface area contributed by atoms with Crippen molar-refractivity contribution in [1.29, 1.82) is 0 Å². The van der Waals surface area contributed by atoms with Crippen LogP contribution in [-0.2, 0) is 6.54 Å². The van der Waals surface area contributed by atoms with Crippen molar-refractivity contribution in [1.82, 2.24) is 15.5 Å². The number of hydrogen-bond acceptors (Lipinski definition) is 2. The normalized spacial score (nSPS) is 14.3. The van der Waals surface area contributed by atoms with Gasteiger partial charge in [0.05, 0.1) is 0 Å². The molecule has 1 aromatic heterocycles. The van der Waals surface area contributed by atoms with Gasteiger partial charge in [-0.2, -0.15) is 5.10 Å². The fourth-order valence-electron chi connectivity index (χ4n) is 1.11. The number of nitrogens with zero attached hydrogens (tertiary/aromatic N) is 1. The van der Waals surface area contributed by atoms with Gasteiger partial charge in [0.1, 0.15) is 0 Å². The highest BCUT2D eigenvalue weighted by molar-refractivity contribution is 4.96. The SMILES string of the molecule is CC(CNCc1ccn[nH]1)C(C)(C)C. The summed E-state index contributed by atoms with van der Waals surface area (Å²) < 4.78 is 0. The second-order valence-corrected chi connectivity index (χ2v) is 4.98. The van der Waals surface area contributed by atoms with Crippen molar-refractivity contribution in [3.8, 4) is 0 Å². The Morgan fingerprint density at radius 3 is 2.71 bits per heavy atom. The zero-order valence-electron chi connectivity index (χ0n) is 9.59. The summed E-state index contributed by atoms with van der Waals surface area (Å²) in [6.07, 6.45) is 1.78. The average molecular weight is 195 g/mol. The predicted molar refractivity (Wildman–Crippen MR) is 58.9 cm³/mol. The van der Waals surface area contributed by atoms with E-state index in [-0.39, 0.29) is 0 Å². The van der Waals surface area contributed by atoms with Crippen LogP contribution in [-0.4, -0.2) is 16.7 Å². The summed E-state index contributed by atoms with van der Waals surface area (Å²) in [6.45, 7) is 11.0. The Morgan fingerprint density at radius 2 is 2.21 bits per heavy atom. The molecule has 1 heterocycles. The molecule has 0 radical (unpaired) electrons. The first kappa shape index (κ1) is 11.2. The summed E-state index contributed by atoms with van der Waals surface area (Å²) in [6, 6.07) is 1.99. The molecule has 14 heavy (non-hydrogen) atoms. The maximum absolute atomic E-state index is 3.90. The third kappa shape index (κ3) is 3.50. The molecule has 0 saturated carbocycles. The van der Waals surface area contributed by atoms with Gasteiger partial charge in [0.25, 0.3) is 0 Å². The Balaban J connectivity index is 2.22. The van der Waals surface area contributed by atoms with E-state index in [1.165, 1.54) is 0 Å². The van der Waals surface area contributed by atoms with Gasteiger partial charge < -0.3 is 5.32 Å². The van der Waals surface area contributed by atoms with Gasteiger partial charge in [-0.25, -0.2) is 0 Å². The molecule has 0 saturated heterocycles. The highest BCUT2D eigenvalue weighted by atomic mass is 15.1. The lowest BCUT2D eigenvalue weighted by Crippen LogP contribution is -2.29. The van der Waals surface area contributed by atoms with Crippen molar-refractivity contribution in [2.24, 2.45) is 11.3 Å². The summed E-state index contributed by atoms with van der Waals surface area (Å²) in [5.41, 5.74) is 1.52. The highest BCUT2D eigenvalue weighted by Gasteiger charge is 2.18.